The van der Waals surface area contributed by atoms with E-state index in [1.54, 1.807) is 4.90 Å². The monoisotopic (exact) mass is 416 g/mol. The summed E-state index contributed by atoms with van der Waals surface area (Å²) in [5.41, 5.74) is 9.79. The molecule has 30 heavy (non-hydrogen) atoms. The summed E-state index contributed by atoms with van der Waals surface area (Å²) in [5, 5.41) is 3.81. The van der Waals surface area contributed by atoms with Crippen molar-refractivity contribution < 1.29 is 23.8 Å². The van der Waals surface area contributed by atoms with Crippen LogP contribution >= 0.6 is 0 Å². The average molecular weight is 416 g/mol. The highest BCUT2D eigenvalue weighted by Gasteiger charge is 2.49. The van der Waals surface area contributed by atoms with Crippen LogP contribution in [0, 0.1) is 0 Å². The first-order chi connectivity index (χ1) is 14.4. The number of azide groups is 1. The van der Waals surface area contributed by atoms with Crippen molar-refractivity contribution in [1.82, 2.24) is 4.90 Å². The molecular weight excluding hydrogens is 388 g/mol. The van der Waals surface area contributed by atoms with Gasteiger partial charge < -0.3 is 19.1 Å². The number of carbonyl (C=O) groups is 2. The standard InChI is InChI=1S/C21H28N4O5/c1-21(2)29-17-13-25(12-16(23-24-22)20(17)30-21)18(26)10-6-7-11-19(27)28-14-15-8-4-3-5-9-15/h3-5,8-9,16-17,20H,6-7,10-14H2,1-2H3/t16-,17-,20+/m0/s1. The Morgan fingerprint density at radius 2 is 1.93 bits per heavy atom. The number of unbranched alkanes of at least 4 members (excludes halogenated alkanes) is 1. The molecule has 2 aliphatic rings. The van der Waals surface area contributed by atoms with Crippen molar-refractivity contribution in [2.45, 2.75) is 70.2 Å². The molecule has 2 heterocycles. The molecule has 3 atom stereocenters. The van der Waals surface area contributed by atoms with Crippen LogP contribution in [0.4, 0.5) is 0 Å². The van der Waals surface area contributed by atoms with Gasteiger partial charge in [-0.15, -0.1) is 0 Å². The van der Waals surface area contributed by atoms with Gasteiger partial charge >= 0.3 is 5.97 Å². The molecule has 0 saturated carbocycles. The van der Waals surface area contributed by atoms with Crippen LogP contribution in [0.1, 0.15) is 45.1 Å². The molecule has 0 N–H and O–H groups in total. The van der Waals surface area contributed by atoms with E-state index in [2.05, 4.69) is 10.0 Å². The summed E-state index contributed by atoms with van der Waals surface area (Å²) in [6, 6.07) is 9.03. The van der Waals surface area contributed by atoms with Crippen molar-refractivity contribution in [3.8, 4) is 0 Å². The largest absolute Gasteiger partial charge is 0.461 e. The van der Waals surface area contributed by atoms with Gasteiger partial charge in [0.05, 0.1) is 12.1 Å². The van der Waals surface area contributed by atoms with E-state index in [1.165, 1.54) is 0 Å². The quantitative estimate of drug-likeness (QED) is 0.212. The van der Waals surface area contributed by atoms with E-state index in [-0.39, 0.29) is 37.1 Å². The topological polar surface area (TPSA) is 114 Å². The minimum atomic E-state index is -0.766. The Morgan fingerprint density at radius 1 is 1.20 bits per heavy atom. The Hall–Kier alpha value is -2.61. The number of nitrogens with zero attached hydrogens (tertiary/aromatic N) is 4. The number of hydrogen-bond acceptors (Lipinski definition) is 6. The van der Waals surface area contributed by atoms with Gasteiger partial charge in [0, 0.05) is 30.8 Å². The molecule has 3 rings (SSSR count). The van der Waals surface area contributed by atoms with Gasteiger partial charge in [0.1, 0.15) is 12.7 Å². The average Bonchev–Trinajstić information content (AvgIpc) is 3.04. The third-order valence-electron chi connectivity index (χ3n) is 5.23. The summed E-state index contributed by atoms with van der Waals surface area (Å²) in [6.45, 7) is 4.59. The molecule has 0 bridgehead atoms. The first-order valence-electron chi connectivity index (χ1n) is 10.2. The maximum absolute atomic E-state index is 12.6. The number of ether oxygens (including phenoxy) is 3. The highest BCUT2D eigenvalue weighted by Crippen LogP contribution is 2.34. The van der Waals surface area contributed by atoms with Crippen LogP contribution in [0.25, 0.3) is 10.4 Å². The van der Waals surface area contributed by atoms with Crippen LogP contribution in [0.5, 0.6) is 0 Å². The predicted molar refractivity (Wildman–Crippen MR) is 108 cm³/mol. The zero-order valence-electron chi connectivity index (χ0n) is 17.4. The highest BCUT2D eigenvalue weighted by molar-refractivity contribution is 5.76. The second-order valence-electron chi connectivity index (χ2n) is 8.06. The first-order valence-corrected chi connectivity index (χ1v) is 10.2. The van der Waals surface area contributed by atoms with E-state index in [9.17, 15) is 9.59 Å². The highest BCUT2D eigenvalue weighted by atomic mass is 16.8. The van der Waals surface area contributed by atoms with Crippen LogP contribution in [0.15, 0.2) is 35.4 Å². The summed E-state index contributed by atoms with van der Waals surface area (Å²) in [5.74, 6) is -1.08. The predicted octanol–water partition coefficient (Wildman–Crippen LogP) is 3.33. The number of likely N-dealkylation sites (tertiary alicyclic amines) is 1. The number of rotatable bonds is 8. The molecule has 0 unspecified atom stereocenters. The van der Waals surface area contributed by atoms with E-state index >= 15 is 0 Å². The molecular formula is C21H28N4O5. The maximum atomic E-state index is 12.6. The van der Waals surface area contributed by atoms with Crippen molar-refractivity contribution in [1.29, 1.82) is 0 Å². The van der Waals surface area contributed by atoms with Crippen molar-refractivity contribution in [2.24, 2.45) is 5.11 Å². The first kappa shape index (κ1) is 22.1. The van der Waals surface area contributed by atoms with E-state index < -0.39 is 11.8 Å². The molecule has 0 aliphatic carbocycles. The third-order valence-corrected chi connectivity index (χ3v) is 5.23. The van der Waals surface area contributed by atoms with Crippen molar-refractivity contribution in [2.75, 3.05) is 13.1 Å². The molecule has 9 nitrogen and oxygen atoms in total. The number of benzene rings is 1. The minimum Gasteiger partial charge on any atom is -0.461 e. The van der Waals surface area contributed by atoms with Crippen LogP contribution in [0.2, 0.25) is 0 Å². The lowest BCUT2D eigenvalue weighted by atomic mass is 9.99. The summed E-state index contributed by atoms with van der Waals surface area (Å²) in [6.07, 6.45) is 1.08. The molecule has 0 spiro atoms. The molecule has 0 radical (unpaired) electrons. The summed E-state index contributed by atoms with van der Waals surface area (Å²) >= 11 is 0. The van der Waals surface area contributed by atoms with Crippen molar-refractivity contribution in [3.63, 3.8) is 0 Å². The summed E-state index contributed by atoms with van der Waals surface area (Å²) < 4.78 is 17.0. The molecule has 162 valence electrons. The molecule has 0 aromatic heterocycles. The van der Waals surface area contributed by atoms with Gasteiger partial charge in [-0.05, 0) is 37.8 Å². The molecule has 2 aliphatic heterocycles. The number of carbonyl (C=O) groups excluding carboxylic acids is 2. The maximum Gasteiger partial charge on any atom is 0.306 e. The van der Waals surface area contributed by atoms with Crippen molar-refractivity contribution >= 4 is 11.9 Å². The number of hydrogen-bond donors (Lipinski definition) is 0. The second kappa shape index (κ2) is 9.93. The Labute approximate surface area is 175 Å². The van der Waals surface area contributed by atoms with Crippen LogP contribution < -0.4 is 0 Å². The normalized spacial score (nSPS) is 24.6. The Morgan fingerprint density at radius 3 is 2.67 bits per heavy atom. The van der Waals surface area contributed by atoms with Crippen molar-refractivity contribution in [3.05, 3.63) is 46.3 Å². The SMILES string of the molecule is CC1(C)O[C@@H]2[C@@H](N=[N+]=[N-])CN(C(=O)CCCCC(=O)OCc3ccccc3)C[C@@H]2O1. The number of amides is 1. The van der Waals surface area contributed by atoms with E-state index in [1.807, 2.05) is 44.2 Å². The Kier molecular flexibility index (Phi) is 7.31. The molecule has 1 aromatic rings. The molecule has 1 amide bonds. The Balaban J connectivity index is 1.40. The van der Waals surface area contributed by atoms with Gasteiger partial charge in [0.2, 0.25) is 5.91 Å². The van der Waals surface area contributed by atoms with E-state index in [4.69, 9.17) is 19.7 Å². The van der Waals surface area contributed by atoms with Gasteiger partial charge in [-0.25, -0.2) is 0 Å². The fourth-order valence-corrected chi connectivity index (χ4v) is 3.84. The lowest BCUT2D eigenvalue weighted by Gasteiger charge is -2.36. The number of fused-ring (bicyclic) bond motifs is 1. The molecule has 1 aromatic carbocycles. The zero-order valence-corrected chi connectivity index (χ0v) is 17.4. The van der Waals surface area contributed by atoms with Crippen LogP contribution in [-0.4, -0.2) is 53.9 Å². The van der Waals surface area contributed by atoms with Gasteiger partial charge in [-0.2, -0.15) is 0 Å². The van der Waals surface area contributed by atoms with Gasteiger partial charge in [0.25, 0.3) is 0 Å². The third kappa shape index (κ3) is 5.95. The summed E-state index contributed by atoms with van der Waals surface area (Å²) in [4.78, 5) is 29.1. The van der Waals surface area contributed by atoms with Gasteiger partial charge in [0.15, 0.2) is 5.79 Å². The minimum absolute atomic E-state index is 0.0439. The lowest BCUT2D eigenvalue weighted by Crippen LogP contribution is -2.54. The smallest absolute Gasteiger partial charge is 0.306 e. The number of esters is 1. The fourth-order valence-electron chi connectivity index (χ4n) is 3.84. The second-order valence-corrected chi connectivity index (χ2v) is 8.06. The van der Waals surface area contributed by atoms with Gasteiger partial charge in [-0.3, -0.25) is 9.59 Å². The fraction of sp³-hybridized carbons (Fsp3) is 0.619. The molecule has 2 saturated heterocycles. The molecule has 2 fully saturated rings. The van der Waals surface area contributed by atoms with Gasteiger partial charge in [-0.1, -0.05) is 35.4 Å². The number of piperidine rings is 1. The van der Waals surface area contributed by atoms with E-state index in [0.29, 0.717) is 32.4 Å². The van der Waals surface area contributed by atoms with E-state index in [0.717, 1.165) is 5.56 Å². The van der Waals surface area contributed by atoms with Crippen LogP contribution in [0.3, 0.4) is 0 Å². The lowest BCUT2D eigenvalue weighted by molar-refractivity contribution is -0.147. The van der Waals surface area contributed by atoms with Crippen LogP contribution in [-0.2, 0) is 30.4 Å². The Bertz CT molecular complexity index is 794. The zero-order chi connectivity index (χ0) is 21.6. The summed E-state index contributed by atoms with van der Waals surface area (Å²) in [7, 11) is 0. The molecule has 9 heteroatoms.